The highest BCUT2D eigenvalue weighted by molar-refractivity contribution is 6.07. The van der Waals surface area contributed by atoms with Crippen molar-refractivity contribution in [2.45, 2.75) is 25.3 Å². The molecular weight excluding hydrogens is 385 g/mol. The number of aromatic nitrogens is 1. The van der Waals surface area contributed by atoms with Crippen molar-refractivity contribution in [1.29, 1.82) is 0 Å². The number of benzene rings is 1. The minimum absolute atomic E-state index is 0. The number of pyridine rings is 1. The van der Waals surface area contributed by atoms with Crippen molar-refractivity contribution in [1.82, 2.24) is 10.3 Å². The van der Waals surface area contributed by atoms with Gasteiger partial charge < -0.3 is 15.5 Å². The normalized spacial score (nSPS) is 18.6. The van der Waals surface area contributed by atoms with Gasteiger partial charge in [-0.05, 0) is 49.6 Å². The summed E-state index contributed by atoms with van der Waals surface area (Å²) in [6.07, 6.45) is 4.79. The standard InChI is InChI=1S/C20H21N3O2.2ClH/c21-12-13-5-3-8-16(13)23-20(24)15-11-18(19-9-4-10-25-19)22-17-7-2-1-6-14(15)17;;/h1-2,4,6-7,9-11,13,16H,3,5,8,12,21H2,(H,23,24);2*1H. The highest BCUT2D eigenvalue weighted by atomic mass is 35.5. The molecular formula is C20H23Cl2N3O2. The van der Waals surface area contributed by atoms with Crippen molar-refractivity contribution < 1.29 is 9.21 Å². The number of hydrogen-bond donors (Lipinski definition) is 2. The molecule has 2 heterocycles. The van der Waals surface area contributed by atoms with Crippen molar-refractivity contribution in [3.63, 3.8) is 0 Å². The fourth-order valence-corrected chi connectivity index (χ4v) is 3.67. The Bertz CT molecular complexity index is 899. The predicted octanol–water partition coefficient (Wildman–Crippen LogP) is 4.20. The zero-order chi connectivity index (χ0) is 17.2. The van der Waals surface area contributed by atoms with Gasteiger partial charge in [0.1, 0.15) is 5.69 Å². The van der Waals surface area contributed by atoms with Gasteiger partial charge in [0, 0.05) is 11.4 Å². The van der Waals surface area contributed by atoms with E-state index >= 15 is 0 Å². The largest absolute Gasteiger partial charge is 0.463 e. The molecule has 1 aromatic carbocycles. The maximum absolute atomic E-state index is 13.0. The third-order valence-electron chi connectivity index (χ3n) is 5.01. The number of halogens is 2. The molecule has 27 heavy (non-hydrogen) atoms. The van der Waals surface area contributed by atoms with E-state index in [4.69, 9.17) is 10.2 Å². The quantitative estimate of drug-likeness (QED) is 0.678. The van der Waals surface area contributed by atoms with E-state index in [0.29, 0.717) is 29.5 Å². The molecule has 3 N–H and O–H groups in total. The van der Waals surface area contributed by atoms with Crippen LogP contribution in [0.3, 0.4) is 0 Å². The molecule has 5 nitrogen and oxygen atoms in total. The van der Waals surface area contributed by atoms with Crippen LogP contribution in [0, 0.1) is 5.92 Å². The number of nitrogens with two attached hydrogens (primary N) is 1. The Labute approximate surface area is 170 Å². The average molecular weight is 408 g/mol. The van der Waals surface area contributed by atoms with Crippen LogP contribution in [0.2, 0.25) is 0 Å². The molecule has 1 saturated carbocycles. The number of carbonyl (C=O) groups excluding carboxylic acids is 1. The van der Waals surface area contributed by atoms with Crippen LogP contribution in [0.4, 0.5) is 0 Å². The van der Waals surface area contributed by atoms with Crippen LogP contribution in [0.15, 0.2) is 53.1 Å². The number of rotatable bonds is 4. The van der Waals surface area contributed by atoms with Gasteiger partial charge in [0.05, 0.1) is 17.3 Å². The molecule has 0 radical (unpaired) electrons. The molecule has 0 saturated heterocycles. The number of hydrogen-bond acceptors (Lipinski definition) is 4. The van der Waals surface area contributed by atoms with Crippen LogP contribution in [0.1, 0.15) is 29.6 Å². The van der Waals surface area contributed by atoms with Crippen LogP contribution in [-0.2, 0) is 0 Å². The van der Waals surface area contributed by atoms with Crippen LogP contribution in [0.25, 0.3) is 22.4 Å². The van der Waals surface area contributed by atoms with Gasteiger partial charge in [0.2, 0.25) is 0 Å². The maximum atomic E-state index is 13.0. The highest BCUT2D eigenvalue weighted by Gasteiger charge is 2.28. The third kappa shape index (κ3) is 4.26. The minimum atomic E-state index is -0.0724. The Morgan fingerprint density at radius 1 is 1.19 bits per heavy atom. The molecule has 2 aromatic heterocycles. The molecule has 0 bridgehead atoms. The average Bonchev–Trinajstić information content (AvgIpc) is 3.32. The number of fused-ring (bicyclic) bond motifs is 1. The molecule has 0 spiro atoms. The number of para-hydroxylation sites is 1. The number of carbonyl (C=O) groups is 1. The van der Waals surface area contributed by atoms with Crippen LogP contribution in [-0.4, -0.2) is 23.5 Å². The van der Waals surface area contributed by atoms with E-state index in [0.717, 1.165) is 30.2 Å². The van der Waals surface area contributed by atoms with Gasteiger partial charge in [-0.25, -0.2) is 4.98 Å². The Kier molecular flexibility index (Phi) is 7.25. The first-order chi connectivity index (χ1) is 12.3. The van der Waals surface area contributed by atoms with Crippen molar-refractivity contribution in [2.75, 3.05) is 6.54 Å². The summed E-state index contributed by atoms with van der Waals surface area (Å²) in [4.78, 5) is 17.6. The van der Waals surface area contributed by atoms with E-state index in [9.17, 15) is 4.79 Å². The topological polar surface area (TPSA) is 81.1 Å². The van der Waals surface area contributed by atoms with E-state index in [-0.39, 0.29) is 36.8 Å². The Morgan fingerprint density at radius 3 is 2.74 bits per heavy atom. The first kappa shape index (κ1) is 21.2. The molecule has 1 amide bonds. The van der Waals surface area contributed by atoms with Crippen molar-refractivity contribution >= 4 is 41.6 Å². The molecule has 2 atom stereocenters. The molecule has 1 aliphatic carbocycles. The van der Waals surface area contributed by atoms with Gasteiger partial charge >= 0.3 is 0 Å². The monoisotopic (exact) mass is 407 g/mol. The summed E-state index contributed by atoms with van der Waals surface area (Å²) < 4.78 is 5.46. The first-order valence-corrected chi connectivity index (χ1v) is 8.71. The van der Waals surface area contributed by atoms with Gasteiger partial charge in [-0.1, -0.05) is 24.6 Å². The molecule has 7 heteroatoms. The lowest BCUT2D eigenvalue weighted by Crippen LogP contribution is -2.40. The van der Waals surface area contributed by atoms with Crippen LogP contribution < -0.4 is 11.1 Å². The lowest BCUT2D eigenvalue weighted by atomic mass is 10.0. The summed E-state index contributed by atoms with van der Waals surface area (Å²) in [6, 6.07) is 13.3. The van der Waals surface area contributed by atoms with E-state index in [1.807, 2.05) is 42.5 Å². The second-order valence-electron chi connectivity index (χ2n) is 6.56. The highest BCUT2D eigenvalue weighted by Crippen LogP contribution is 2.28. The van der Waals surface area contributed by atoms with E-state index in [1.54, 1.807) is 6.26 Å². The lowest BCUT2D eigenvalue weighted by molar-refractivity contribution is 0.0930. The molecule has 2 unspecified atom stereocenters. The Hall–Kier alpha value is -2.08. The Balaban J connectivity index is 0.00000131. The van der Waals surface area contributed by atoms with Gasteiger partial charge in [0.25, 0.3) is 5.91 Å². The fraction of sp³-hybridized carbons (Fsp3) is 0.300. The Morgan fingerprint density at radius 2 is 2.00 bits per heavy atom. The molecule has 3 aromatic rings. The summed E-state index contributed by atoms with van der Waals surface area (Å²) in [6.45, 7) is 0.611. The van der Waals surface area contributed by atoms with E-state index < -0.39 is 0 Å². The van der Waals surface area contributed by atoms with Crippen molar-refractivity contribution in [3.8, 4) is 11.5 Å². The number of furan rings is 1. The lowest BCUT2D eigenvalue weighted by Gasteiger charge is -2.20. The summed E-state index contributed by atoms with van der Waals surface area (Å²) in [7, 11) is 0. The molecule has 0 aliphatic heterocycles. The van der Waals surface area contributed by atoms with E-state index in [2.05, 4.69) is 10.3 Å². The zero-order valence-electron chi connectivity index (χ0n) is 14.8. The third-order valence-corrected chi connectivity index (χ3v) is 5.01. The summed E-state index contributed by atoms with van der Waals surface area (Å²) in [5, 5.41) is 4.03. The second kappa shape index (κ2) is 9.22. The first-order valence-electron chi connectivity index (χ1n) is 8.71. The van der Waals surface area contributed by atoms with Gasteiger partial charge in [-0.2, -0.15) is 0 Å². The number of amides is 1. The van der Waals surface area contributed by atoms with Crippen LogP contribution in [0.5, 0.6) is 0 Å². The smallest absolute Gasteiger partial charge is 0.252 e. The van der Waals surface area contributed by atoms with E-state index in [1.165, 1.54) is 0 Å². The predicted molar refractivity (Wildman–Crippen MR) is 112 cm³/mol. The second-order valence-corrected chi connectivity index (χ2v) is 6.56. The van der Waals surface area contributed by atoms with Crippen molar-refractivity contribution in [2.24, 2.45) is 11.7 Å². The van der Waals surface area contributed by atoms with Gasteiger partial charge in [-0.15, -0.1) is 24.8 Å². The van der Waals surface area contributed by atoms with Crippen molar-refractivity contribution in [3.05, 3.63) is 54.3 Å². The summed E-state index contributed by atoms with van der Waals surface area (Å²) in [5.41, 5.74) is 7.91. The molecule has 144 valence electrons. The SMILES string of the molecule is Cl.Cl.NCC1CCCC1NC(=O)c1cc(-c2ccco2)nc2ccccc12. The van der Waals surface area contributed by atoms with Gasteiger partial charge in [-0.3, -0.25) is 4.79 Å². The minimum Gasteiger partial charge on any atom is -0.463 e. The summed E-state index contributed by atoms with van der Waals surface area (Å²) >= 11 is 0. The maximum Gasteiger partial charge on any atom is 0.252 e. The number of nitrogens with zero attached hydrogens (tertiary/aromatic N) is 1. The van der Waals surface area contributed by atoms with Crippen LogP contribution >= 0.6 is 24.8 Å². The summed E-state index contributed by atoms with van der Waals surface area (Å²) in [5.74, 6) is 0.943. The molecule has 4 rings (SSSR count). The number of nitrogens with one attached hydrogen (secondary N) is 1. The zero-order valence-corrected chi connectivity index (χ0v) is 16.4. The molecule has 1 aliphatic rings. The fourth-order valence-electron chi connectivity index (χ4n) is 3.67. The van der Waals surface area contributed by atoms with Gasteiger partial charge in [0.15, 0.2) is 5.76 Å². The molecule has 1 fully saturated rings.